The second kappa shape index (κ2) is 5.04. The van der Waals surface area contributed by atoms with Crippen molar-refractivity contribution in [3.05, 3.63) is 27.0 Å². The first-order valence-electron chi connectivity index (χ1n) is 5.10. The summed E-state index contributed by atoms with van der Waals surface area (Å²) in [5, 5.41) is 8.80. The van der Waals surface area contributed by atoms with E-state index in [9.17, 15) is 18.0 Å². The molecule has 0 amide bonds. The highest BCUT2D eigenvalue weighted by Crippen LogP contribution is 2.01. The highest BCUT2D eigenvalue weighted by atomic mass is 32.2. The van der Waals surface area contributed by atoms with Gasteiger partial charge in [-0.3, -0.25) is 9.36 Å². The van der Waals surface area contributed by atoms with Gasteiger partial charge in [0.1, 0.15) is 0 Å². The molecule has 0 aromatic carbocycles. The summed E-state index contributed by atoms with van der Waals surface area (Å²) < 4.78 is 27.6. The summed E-state index contributed by atoms with van der Waals surface area (Å²) in [6, 6.07) is -0.725. The number of nitrogens with one attached hydrogen (secondary N) is 1. The van der Waals surface area contributed by atoms with Gasteiger partial charge in [0.25, 0.3) is 5.56 Å². The molecule has 0 aliphatic carbocycles. The Hall–Kier alpha value is -1.45. The minimum Gasteiger partial charge on any atom is -0.395 e. The van der Waals surface area contributed by atoms with Crippen LogP contribution in [0.4, 0.5) is 0 Å². The molecule has 0 bridgehead atoms. The Kier molecular flexibility index (Phi) is 4.09. The molecule has 0 spiro atoms. The lowest BCUT2D eigenvalue weighted by molar-refractivity contribution is 0.265. The van der Waals surface area contributed by atoms with E-state index in [0.29, 0.717) is 4.57 Å². The van der Waals surface area contributed by atoms with Crippen molar-refractivity contribution in [2.24, 2.45) is 14.1 Å². The van der Waals surface area contributed by atoms with Gasteiger partial charge in [-0.15, -0.1) is 0 Å². The van der Waals surface area contributed by atoms with E-state index >= 15 is 0 Å². The molecule has 1 heterocycles. The van der Waals surface area contributed by atoms with Crippen LogP contribution in [0.15, 0.2) is 20.7 Å². The zero-order chi connectivity index (χ0) is 14.1. The van der Waals surface area contributed by atoms with Crippen molar-refractivity contribution in [3.8, 4) is 0 Å². The van der Waals surface area contributed by atoms with Gasteiger partial charge >= 0.3 is 5.69 Å². The molecule has 8 nitrogen and oxygen atoms in total. The lowest BCUT2D eigenvalue weighted by Gasteiger charge is -2.12. The minimum atomic E-state index is -4.07. The first-order chi connectivity index (χ1) is 8.20. The predicted octanol–water partition coefficient (Wildman–Crippen LogP) is -2.26. The van der Waals surface area contributed by atoms with Gasteiger partial charge in [0.15, 0.2) is 4.90 Å². The van der Waals surface area contributed by atoms with Crippen molar-refractivity contribution in [2.45, 2.75) is 17.9 Å². The van der Waals surface area contributed by atoms with Crippen molar-refractivity contribution in [3.63, 3.8) is 0 Å². The van der Waals surface area contributed by atoms with E-state index in [-0.39, 0.29) is 0 Å². The van der Waals surface area contributed by atoms with Gasteiger partial charge < -0.3 is 9.67 Å². The SMILES string of the molecule is CC(CO)NS(=O)(=O)c1cn(C)c(=O)n(C)c1=O. The molecule has 1 aromatic rings. The molecule has 1 unspecified atom stereocenters. The number of hydrogen-bond donors (Lipinski definition) is 2. The fourth-order valence-electron chi connectivity index (χ4n) is 1.33. The van der Waals surface area contributed by atoms with Crippen molar-refractivity contribution in [2.75, 3.05) is 6.61 Å². The molecule has 0 radical (unpaired) electrons. The number of hydrogen-bond acceptors (Lipinski definition) is 5. The molecule has 102 valence electrons. The lowest BCUT2D eigenvalue weighted by Crippen LogP contribution is -2.43. The molecule has 1 rings (SSSR count). The molecule has 0 aliphatic rings. The highest BCUT2D eigenvalue weighted by molar-refractivity contribution is 7.89. The standard InChI is InChI=1S/C9H15N3O5S/c1-6(5-13)10-18(16,17)7-4-11(2)9(15)12(3)8(7)14/h4,6,10,13H,5H2,1-3H3. The number of rotatable bonds is 4. The summed E-state index contributed by atoms with van der Waals surface area (Å²) >= 11 is 0. The van der Waals surface area contributed by atoms with E-state index in [1.165, 1.54) is 21.0 Å². The van der Waals surface area contributed by atoms with Gasteiger partial charge in [0, 0.05) is 26.3 Å². The molecular weight excluding hydrogens is 262 g/mol. The summed E-state index contributed by atoms with van der Waals surface area (Å²) in [6.07, 6.45) is 0.955. The monoisotopic (exact) mass is 277 g/mol. The predicted molar refractivity (Wildman–Crippen MR) is 63.8 cm³/mol. The molecule has 18 heavy (non-hydrogen) atoms. The Balaban J connectivity index is 3.44. The number of aliphatic hydroxyl groups is 1. The largest absolute Gasteiger partial charge is 0.395 e. The maximum absolute atomic E-state index is 11.9. The number of aliphatic hydroxyl groups excluding tert-OH is 1. The second-order valence-electron chi connectivity index (χ2n) is 3.96. The zero-order valence-electron chi connectivity index (χ0n) is 10.2. The molecule has 1 aromatic heterocycles. The summed E-state index contributed by atoms with van der Waals surface area (Å²) in [6.45, 7) is 1.05. The number of sulfonamides is 1. The fourth-order valence-corrected chi connectivity index (χ4v) is 2.72. The van der Waals surface area contributed by atoms with Gasteiger partial charge in [0.05, 0.1) is 6.61 Å². The highest BCUT2D eigenvalue weighted by Gasteiger charge is 2.22. The Morgan fingerprint density at radius 2 is 1.94 bits per heavy atom. The average Bonchev–Trinajstić information content (AvgIpc) is 2.30. The quantitative estimate of drug-likeness (QED) is 0.645. The molecule has 1 atom stereocenters. The number of aromatic nitrogens is 2. The van der Waals surface area contributed by atoms with E-state index in [1.54, 1.807) is 0 Å². The molecule has 9 heteroatoms. The van der Waals surface area contributed by atoms with Crippen LogP contribution in [0.1, 0.15) is 6.92 Å². The number of aryl methyl sites for hydroxylation is 1. The van der Waals surface area contributed by atoms with Gasteiger partial charge in [-0.1, -0.05) is 0 Å². The van der Waals surface area contributed by atoms with Crippen LogP contribution in [0, 0.1) is 0 Å². The van der Waals surface area contributed by atoms with Gasteiger partial charge in [-0.05, 0) is 6.92 Å². The maximum Gasteiger partial charge on any atom is 0.330 e. The first-order valence-corrected chi connectivity index (χ1v) is 6.59. The lowest BCUT2D eigenvalue weighted by atomic mass is 10.4. The van der Waals surface area contributed by atoms with Crippen LogP contribution >= 0.6 is 0 Å². The maximum atomic E-state index is 11.9. The van der Waals surface area contributed by atoms with E-state index in [1.807, 2.05) is 0 Å². The van der Waals surface area contributed by atoms with Gasteiger partial charge in [0.2, 0.25) is 10.0 Å². The normalized spacial score (nSPS) is 13.6. The first kappa shape index (κ1) is 14.6. The van der Waals surface area contributed by atoms with Crippen LogP contribution in [0.25, 0.3) is 0 Å². The van der Waals surface area contributed by atoms with Crippen LogP contribution in [-0.4, -0.2) is 35.3 Å². The molecule has 0 saturated carbocycles. The second-order valence-corrected chi connectivity index (χ2v) is 5.64. The van der Waals surface area contributed by atoms with Crippen molar-refractivity contribution in [1.29, 1.82) is 0 Å². The molecule has 0 aliphatic heterocycles. The third kappa shape index (κ3) is 2.68. The van der Waals surface area contributed by atoms with Gasteiger partial charge in [-0.2, -0.15) is 0 Å². The topological polar surface area (TPSA) is 110 Å². The molecule has 0 saturated heterocycles. The van der Waals surface area contributed by atoms with E-state index in [0.717, 1.165) is 10.8 Å². The van der Waals surface area contributed by atoms with Crippen LogP contribution in [0.5, 0.6) is 0 Å². The summed E-state index contributed by atoms with van der Waals surface area (Å²) in [7, 11) is -1.53. The van der Waals surface area contributed by atoms with Gasteiger partial charge in [-0.25, -0.2) is 17.9 Å². The van der Waals surface area contributed by atoms with Crippen LogP contribution in [0.2, 0.25) is 0 Å². The van der Waals surface area contributed by atoms with Crippen LogP contribution in [-0.2, 0) is 24.1 Å². The van der Waals surface area contributed by atoms with Crippen molar-refractivity contribution >= 4 is 10.0 Å². The minimum absolute atomic E-state index is 0.398. The molecular formula is C9H15N3O5S. The smallest absolute Gasteiger partial charge is 0.330 e. The number of nitrogens with zero attached hydrogens (tertiary/aromatic N) is 2. The van der Waals surface area contributed by atoms with Crippen LogP contribution in [0.3, 0.4) is 0 Å². The summed E-state index contributed by atoms with van der Waals surface area (Å²) in [5.41, 5.74) is -1.52. The van der Waals surface area contributed by atoms with E-state index < -0.39 is 38.8 Å². The fraction of sp³-hybridized carbons (Fsp3) is 0.556. The summed E-state index contributed by atoms with van der Waals surface area (Å²) in [5.74, 6) is 0. The van der Waals surface area contributed by atoms with Crippen molar-refractivity contribution in [1.82, 2.24) is 13.9 Å². The Bertz CT molecular complexity index is 658. The van der Waals surface area contributed by atoms with E-state index in [4.69, 9.17) is 5.11 Å². The third-order valence-corrected chi connectivity index (χ3v) is 3.91. The third-order valence-electron chi connectivity index (χ3n) is 2.33. The Morgan fingerprint density at radius 1 is 1.39 bits per heavy atom. The van der Waals surface area contributed by atoms with E-state index in [2.05, 4.69) is 4.72 Å². The summed E-state index contributed by atoms with van der Waals surface area (Å²) in [4.78, 5) is 22.6. The molecule has 2 N–H and O–H groups in total. The molecule has 0 fully saturated rings. The Labute approximate surface area is 104 Å². The Morgan fingerprint density at radius 3 is 2.44 bits per heavy atom. The van der Waals surface area contributed by atoms with Crippen molar-refractivity contribution < 1.29 is 13.5 Å². The zero-order valence-corrected chi connectivity index (χ0v) is 11.1. The average molecular weight is 277 g/mol. The van der Waals surface area contributed by atoms with Crippen LogP contribution < -0.4 is 16.0 Å².